The van der Waals surface area contributed by atoms with Crippen molar-refractivity contribution in [1.82, 2.24) is 20.2 Å². The molecule has 3 aromatic carbocycles. The lowest BCUT2D eigenvalue weighted by Gasteiger charge is -2.21. The van der Waals surface area contributed by atoms with E-state index in [1.165, 1.54) is 0 Å². The van der Waals surface area contributed by atoms with Crippen molar-refractivity contribution in [1.29, 1.82) is 0 Å². The number of ether oxygens (including phenoxy) is 2. The summed E-state index contributed by atoms with van der Waals surface area (Å²) in [5.74, 6) is 0.734. The van der Waals surface area contributed by atoms with Crippen LogP contribution < -0.4 is 10.1 Å². The van der Waals surface area contributed by atoms with Gasteiger partial charge in [-0.2, -0.15) is 0 Å². The minimum absolute atomic E-state index is 0.0626. The van der Waals surface area contributed by atoms with E-state index in [1.807, 2.05) is 62.1 Å². The molecule has 0 saturated carbocycles. The monoisotopic (exact) mass is 498 g/mol. The lowest BCUT2D eigenvalue weighted by Crippen LogP contribution is -2.32. The average molecular weight is 499 g/mol. The van der Waals surface area contributed by atoms with E-state index in [2.05, 4.69) is 27.4 Å². The first-order valence-corrected chi connectivity index (χ1v) is 12.3. The van der Waals surface area contributed by atoms with Crippen LogP contribution in [0.5, 0.6) is 5.75 Å². The zero-order valence-electron chi connectivity index (χ0n) is 21.2. The summed E-state index contributed by atoms with van der Waals surface area (Å²) >= 11 is 0. The smallest absolute Gasteiger partial charge is 0.407 e. The fourth-order valence-electron chi connectivity index (χ4n) is 4.30. The average Bonchev–Trinajstić information content (AvgIpc) is 3.24. The van der Waals surface area contributed by atoms with Gasteiger partial charge in [0.15, 0.2) is 0 Å². The summed E-state index contributed by atoms with van der Waals surface area (Å²) in [4.78, 5) is 34.5. The normalized spacial score (nSPS) is 13.4. The van der Waals surface area contributed by atoms with Crippen molar-refractivity contribution < 1.29 is 19.1 Å². The summed E-state index contributed by atoms with van der Waals surface area (Å²) < 4.78 is 11.2. The summed E-state index contributed by atoms with van der Waals surface area (Å²) in [6.07, 6.45) is 1.21. The van der Waals surface area contributed by atoms with E-state index in [0.717, 1.165) is 39.0 Å². The van der Waals surface area contributed by atoms with Gasteiger partial charge in [-0.15, -0.1) is 0 Å². The van der Waals surface area contributed by atoms with Crippen LogP contribution in [0, 0.1) is 0 Å². The van der Waals surface area contributed by atoms with E-state index in [0.29, 0.717) is 31.8 Å². The Balaban J connectivity index is 1.28. The molecule has 37 heavy (non-hydrogen) atoms. The van der Waals surface area contributed by atoms with Crippen molar-refractivity contribution in [3.05, 3.63) is 83.7 Å². The number of alkyl carbamates (subject to hydrolysis) is 1. The second-order valence-electron chi connectivity index (χ2n) is 10.1. The Morgan fingerprint density at radius 3 is 2.59 bits per heavy atom. The number of carbonyl (C=O) groups excluding carboxylic acids is 2. The molecule has 0 unspecified atom stereocenters. The second kappa shape index (κ2) is 9.97. The molecule has 8 nitrogen and oxygen atoms in total. The van der Waals surface area contributed by atoms with Crippen LogP contribution in [0.1, 0.15) is 42.3 Å². The zero-order chi connectivity index (χ0) is 26.0. The number of amides is 2. The fourth-order valence-corrected chi connectivity index (χ4v) is 4.30. The predicted octanol–water partition coefficient (Wildman–Crippen LogP) is 5.29. The summed E-state index contributed by atoms with van der Waals surface area (Å²) in [5.41, 5.74) is 5.90. The van der Waals surface area contributed by atoms with Crippen molar-refractivity contribution in [3.63, 3.8) is 0 Å². The first-order valence-electron chi connectivity index (χ1n) is 12.3. The number of rotatable bonds is 4. The molecule has 1 aromatic heterocycles. The lowest BCUT2D eigenvalue weighted by molar-refractivity contribution is 0.0523. The van der Waals surface area contributed by atoms with E-state index in [4.69, 9.17) is 9.47 Å². The molecule has 1 aliphatic heterocycles. The number of hydrogen-bond donors (Lipinski definition) is 2. The molecule has 2 heterocycles. The van der Waals surface area contributed by atoms with Gasteiger partial charge in [0.1, 0.15) is 18.0 Å². The Kier molecular flexibility index (Phi) is 6.56. The largest absolute Gasteiger partial charge is 0.491 e. The van der Waals surface area contributed by atoms with Gasteiger partial charge in [0.05, 0.1) is 23.9 Å². The first kappa shape index (κ1) is 24.4. The molecule has 0 fully saturated rings. The number of aromatic amines is 1. The molecule has 5 rings (SSSR count). The van der Waals surface area contributed by atoms with Gasteiger partial charge >= 0.3 is 6.09 Å². The second-order valence-corrected chi connectivity index (χ2v) is 10.1. The molecule has 190 valence electrons. The molecule has 1 aliphatic rings. The number of nitrogens with zero attached hydrogens (tertiary/aromatic N) is 2. The van der Waals surface area contributed by atoms with Crippen LogP contribution in [-0.4, -0.2) is 45.6 Å². The van der Waals surface area contributed by atoms with Gasteiger partial charge in [-0.3, -0.25) is 4.79 Å². The number of aromatic nitrogens is 2. The Morgan fingerprint density at radius 2 is 1.81 bits per heavy atom. The van der Waals surface area contributed by atoms with Gasteiger partial charge in [0, 0.05) is 24.2 Å². The van der Waals surface area contributed by atoms with Crippen LogP contribution in [0.15, 0.2) is 67.0 Å². The molecule has 8 heteroatoms. The highest BCUT2D eigenvalue weighted by Crippen LogP contribution is 2.31. The van der Waals surface area contributed by atoms with Crippen LogP contribution >= 0.6 is 0 Å². The van der Waals surface area contributed by atoms with Crippen molar-refractivity contribution in [2.24, 2.45) is 0 Å². The topological polar surface area (TPSA) is 96.6 Å². The highest BCUT2D eigenvalue weighted by Gasteiger charge is 2.22. The molecule has 0 aliphatic carbocycles. The number of hydrogen-bond acceptors (Lipinski definition) is 5. The quantitative estimate of drug-likeness (QED) is 0.399. The molecular formula is C29H30N4O4. The number of imidazole rings is 1. The SMILES string of the molecule is CC(C)(C)OC(=O)NCc1ccc(C(=O)N2CCOc3ccc(-c4ccc5nc[nH]c5c4)cc3C2)cc1. The number of nitrogens with one attached hydrogen (secondary N) is 2. The Hall–Kier alpha value is -4.33. The molecular weight excluding hydrogens is 468 g/mol. The van der Waals surface area contributed by atoms with Gasteiger partial charge in [0.2, 0.25) is 0 Å². The molecule has 0 bridgehead atoms. The Bertz CT molecular complexity index is 1440. The highest BCUT2D eigenvalue weighted by atomic mass is 16.6. The lowest BCUT2D eigenvalue weighted by atomic mass is 10.0. The number of fused-ring (bicyclic) bond motifs is 2. The number of benzene rings is 3. The van der Waals surface area contributed by atoms with Crippen LogP contribution in [0.25, 0.3) is 22.2 Å². The molecule has 0 atom stereocenters. The minimum Gasteiger partial charge on any atom is -0.491 e. The van der Waals surface area contributed by atoms with E-state index >= 15 is 0 Å². The summed E-state index contributed by atoms with van der Waals surface area (Å²) in [6, 6.07) is 19.5. The van der Waals surface area contributed by atoms with E-state index in [1.54, 1.807) is 18.5 Å². The van der Waals surface area contributed by atoms with Gasteiger partial charge in [-0.05, 0) is 73.9 Å². The molecule has 0 spiro atoms. The summed E-state index contributed by atoms with van der Waals surface area (Å²) in [7, 11) is 0. The van der Waals surface area contributed by atoms with Crippen molar-refractivity contribution in [2.75, 3.05) is 13.2 Å². The molecule has 0 saturated heterocycles. The van der Waals surface area contributed by atoms with Gasteiger partial charge in [0.25, 0.3) is 5.91 Å². The van der Waals surface area contributed by atoms with E-state index in [-0.39, 0.29) is 5.91 Å². The van der Waals surface area contributed by atoms with Crippen LogP contribution in [0.2, 0.25) is 0 Å². The van der Waals surface area contributed by atoms with E-state index < -0.39 is 11.7 Å². The van der Waals surface area contributed by atoms with Crippen LogP contribution in [0.3, 0.4) is 0 Å². The van der Waals surface area contributed by atoms with Gasteiger partial charge in [-0.25, -0.2) is 9.78 Å². The maximum atomic E-state index is 13.3. The number of H-pyrrole nitrogens is 1. The third-order valence-electron chi connectivity index (χ3n) is 6.12. The minimum atomic E-state index is -0.552. The molecule has 4 aromatic rings. The van der Waals surface area contributed by atoms with Crippen molar-refractivity contribution in [3.8, 4) is 16.9 Å². The predicted molar refractivity (Wildman–Crippen MR) is 141 cm³/mol. The number of carbonyl (C=O) groups is 2. The third-order valence-corrected chi connectivity index (χ3v) is 6.12. The van der Waals surface area contributed by atoms with Crippen molar-refractivity contribution in [2.45, 2.75) is 39.5 Å². The maximum Gasteiger partial charge on any atom is 0.407 e. The molecule has 2 N–H and O–H groups in total. The highest BCUT2D eigenvalue weighted by molar-refractivity contribution is 5.94. The molecule has 2 amide bonds. The van der Waals surface area contributed by atoms with Gasteiger partial charge < -0.3 is 24.7 Å². The fraction of sp³-hybridized carbons (Fsp3) is 0.276. The summed E-state index contributed by atoms with van der Waals surface area (Å²) in [6.45, 7) is 7.15. The standard InChI is InChI=1S/C29H30N4O4/c1-29(2,3)37-28(35)30-16-19-4-6-20(7-5-19)27(34)33-12-13-36-26-11-9-21(14-23(26)17-33)22-8-10-24-25(15-22)32-18-31-24/h4-11,14-15,18H,12-13,16-17H2,1-3H3,(H,30,35)(H,31,32). The van der Waals surface area contributed by atoms with E-state index in [9.17, 15) is 9.59 Å². The van der Waals surface area contributed by atoms with Crippen LogP contribution in [0.4, 0.5) is 4.79 Å². The third kappa shape index (κ3) is 5.74. The zero-order valence-corrected chi connectivity index (χ0v) is 21.2. The van der Waals surface area contributed by atoms with Crippen LogP contribution in [-0.2, 0) is 17.8 Å². The van der Waals surface area contributed by atoms with Gasteiger partial charge in [-0.1, -0.05) is 24.3 Å². The van der Waals surface area contributed by atoms with Crippen molar-refractivity contribution >= 4 is 23.0 Å². The first-order chi connectivity index (χ1) is 17.7. The Labute approximate surface area is 215 Å². The Morgan fingerprint density at radius 1 is 1.05 bits per heavy atom. The maximum absolute atomic E-state index is 13.3. The summed E-state index contributed by atoms with van der Waals surface area (Å²) in [5, 5.41) is 2.74. The molecule has 0 radical (unpaired) electrons.